The summed E-state index contributed by atoms with van der Waals surface area (Å²) in [5.74, 6) is -0.0475. The van der Waals surface area contributed by atoms with Gasteiger partial charge in [-0.1, -0.05) is 11.6 Å². The predicted molar refractivity (Wildman–Crippen MR) is 56.5 cm³/mol. The molecule has 4 heteroatoms. The van der Waals surface area contributed by atoms with E-state index in [1.54, 1.807) is 22.5 Å². The number of thiophene rings is 1. The molecule has 0 aliphatic rings. The molecule has 0 fully saturated rings. The Bertz CT molecular complexity index is 330. The van der Waals surface area contributed by atoms with Crippen molar-refractivity contribution < 1.29 is 4.79 Å². The van der Waals surface area contributed by atoms with Crippen molar-refractivity contribution >= 4 is 28.7 Å². The lowest BCUT2D eigenvalue weighted by Crippen LogP contribution is -2.02. The van der Waals surface area contributed by atoms with E-state index < -0.39 is 0 Å². The molecule has 0 aliphatic heterocycles. The van der Waals surface area contributed by atoms with Crippen molar-refractivity contribution in [2.45, 2.75) is 0 Å². The van der Waals surface area contributed by atoms with Crippen molar-refractivity contribution in [2.75, 3.05) is 14.1 Å². The fraction of sp³-hybridized carbons (Fsp3) is 0.222. The number of allylic oxidation sites excluding steroid dienone is 1. The first-order valence-corrected chi connectivity index (χ1v) is 4.99. The van der Waals surface area contributed by atoms with E-state index in [4.69, 9.17) is 11.6 Å². The maximum atomic E-state index is 11.4. The number of rotatable bonds is 3. The molecule has 2 nitrogen and oxygen atoms in total. The van der Waals surface area contributed by atoms with Crippen LogP contribution in [0.1, 0.15) is 9.67 Å². The van der Waals surface area contributed by atoms with E-state index >= 15 is 0 Å². The number of nitrogens with zero attached hydrogens (tertiary/aromatic N) is 1. The second-order valence-electron chi connectivity index (χ2n) is 2.74. The van der Waals surface area contributed by atoms with Crippen LogP contribution in [-0.4, -0.2) is 24.8 Å². The van der Waals surface area contributed by atoms with Crippen molar-refractivity contribution in [1.29, 1.82) is 0 Å². The number of hydrogen-bond acceptors (Lipinski definition) is 3. The van der Waals surface area contributed by atoms with Crippen molar-refractivity contribution in [2.24, 2.45) is 0 Å². The van der Waals surface area contributed by atoms with Crippen molar-refractivity contribution in [1.82, 2.24) is 4.90 Å². The van der Waals surface area contributed by atoms with Crippen LogP contribution in [0.15, 0.2) is 23.7 Å². The van der Waals surface area contributed by atoms with E-state index in [0.29, 0.717) is 9.90 Å². The van der Waals surface area contributed by atoms with Gasteiger partial charge in [-0.15, -0.1) is 11.3 Å². The third-order valence-electron chi connectivity index (χ3n) is 1.37. The average molecular weight is 216 g/mol. The maximum Gasteiger partial charge on any atom is 0.198 e. The highest BCUT2D eigenvalue weighted by molar-refractivity contribution is 7.13. The third-order valence-corrected chi connectivity index (χ3v) is 2.72. The van der Waals surface area contributed by atoms with E-state index in [2.05, 4.69) is 0 Å². The van der Waals surface area contributed by atoms with Gasteiger partial charge in [0.05, 0.1) is 9.90 Å². The van der Waals surface area contributed by atoms with E-state index in [-0.39, 0.29) is 5.78 Å². The molecule has 1 aromatic heterocycles. The van der Waals surface area contributed by atoms with Gasteiger partial charge >= 0.3 is 0 Å². The summed E-state index contributed by atoms with van der Waals surface area (Å²) in [4.78, 5) is 13.8. The standard InChI is InChI=1S/C9H10ClNOS/c1-11(2)5-3-8(12)9-7(10)4-6-13-9/h3-6H,1-2H3/b5-3+. The van der Waals surface area contributed by atoms with Gasteiger partial charge in [0.25, 0.3) is 0 Å². The van der Waals surface area contributed by atoms with Crippen LogP contribution in [-0.2, 0) is 0 Å². The van der Waals surface area contributed by atoms with Crippen LogP contribution in [0.2, 0.25) is 5.02 Å². The van der Waals surface area contributed by atoms with Crippen molar-refractivity contribution in [3.05, 3.63) is 33.6 Å². The van der Waals surface area contributed by atoms with E-state index in [1.165, 1.54) is 17.4 Å². The third kappa shape index (κ3) is 2.86. The molecule has 1 aromatic rings. The summed E-state index contributed by atoms with van der Waals surface area (Å²) in [6.07, 6.45) is 3.22. The lowest BCUT2D eigenvalue weighted by atomic mass is 10.3. The minimum absolute atomic E-state index is 0.0475. The molecule has 0 bridgehead atoms. The van der Waals surface area contributed by atoms with Gasteiger partial charge in [0.15, 0.2) is 5.78 Å². The first kappa shape index (κ1) is 10.3. The molecule has 0 radical (unpaired) electrons. The molecule has 0 atom stereocenters. The zero-order valence-corrected chi connectivity index (χ0v) is 9.02. The van der Waals surface area contributed by atoms with Crippen LogP contribution in [0.25, 0.3) is 0 Å². The van der Waals surface area contributed by atoms with Crippen LogP contribution in [0.5, 0.6) is 0 Å². The Morgan fingerprint density at radius 1 is 1.62 bits per heavy atom. The molecule has 0 unspecified atom stereocenters. The molecule has 0 aliphatic carbocycles. The molecule has 0 aromatic carbocycles. The van der Waals surface area contributed by atoms with E-state index in [9.17, 15) is 4.79 Å². The molecule has 0 saturated carbocycles. The zero-order chi connectivity index (χ0) is 9.84. The minimum atomic E-state index is -0.0475. The topological polar surface area (TPSA) is 20.3 Å². The number of carbonyl (C=O) groups excluding carboxylic acids is 1. The minimum Gasteiger partial charge on any atom is -0.383 e. The van der Waals surface area contributed by atoms with E-state index in [1.807, 2.05) is 14.1 Å². The fourth-order valence-electron chi connectivity index (χ4n) is 0.762. The van der Waals surface area contributed by atoms with Gasteiger partial charge in [-0.3, -0.25) is 4.79 Å². The molecule has 0 N–H and O–H groups in total. The van der Waals surface area contributed by atoms with Crippen LogP contribution < -0.4 is 0 Å². The molecule has 0 saturated heterocycles. The Kier molecular flexibility index (Phi) is 3.51. The fourth-order valence-corrected chi connectivity index (χ4v) is 1.83. The first-order chi connectivity index (χ1) is 6.11. The van der Waals surface area contributed by atoms with Gasteiger partial charge < -0.3 is 4.90 Å². The molecule has 0 spiro atoms. The molecular formula is C9H10ClNOS. The SMILES string of the molecule is CN(C)/C=C/C(=O)c1sccc1Cl. The molecule has 0 amide bonds. The summed E-state index contributed by atoms with van der Waals surface area (Å²) in [7, 11) is 3.72. The number of carbonyl (C=O) groups is 1. The maximum absolute atomic E-state index is 11.4. The molecular weight excluding hydrogens is 206 g/mol. The summed E-state index contributed by atoms with van der Waals surface area (Å²) < 4.78 is 0. The normalized spacial score (nSPS) is 10.7. The number of hydrogen-bond donors (Lipinski definition) is 0. The second-order valence-corrected chi connectivity index (χ2v) is 4.06. The second kappa shape index (κ2) is 4.44. The molecule has 1 rings (SSSR count). The van der Waals surface area contributed by atoms with E-state index in [0.717, 1.165) is 0 Å². The van der Waals surface area contributed by atoms with Gasteiger partial charge in [0.1, 0.15) is 0 Å². The van der Waals surface area contributed by atoms with Crippen molar-refractivity contribution in [3.8, 4) is 0 Å². The van der Waals surface area contributed by atoms with Crippen LogP contribution in [0.3, 0.4) is 0 Å². The lowest BCUT2D eigenvalue weighted by molar-refractivity contribution is 0.104. The highest BCUT2D eigenvalue weighted by Gasteiger charge is 2.07. The quantitative estimate of drug-likeness (QED) is 0.571. The summed E-state index contributed by atoms with van der Waals surface area (Å²) in [5.41, 5.74) is 0. The molecule has 70 valence electrons. The monoisotopic (exact) mass is 215 g/mol. The summed E-state index contributed by atoms with van der Waals surface area (Å²) in [6, 6.07) is 1.73. The predicted octanol–water partition coefficient (Wildman–Crippen LogP) is 2.66. The highest BCUT2D eigenvalue weighted by atomic mass is 35.5. The highest BCUT2D eigenvalue weighted by Crippen LogP contribution is 2.22. The van der Waals surface area contributed by atoms with Crippen LogP contribution in [0, 0.1) is 0 Å². The van der Waals surface area contributed by atoms with Crippen LogP contribution >= 0.6 is 22.9 Å². The zero-order valence-electron chi connectivity index (χ0n) is 7.45. The Labute approximate surface area is 86.4 Å². The Balaban J connectivity index is 2.75. The summed E-state index contributed by atoms with van der Waals surface area (Å²) in [6.45, 7) is 0. The number of ketones is 1. The summed E-state index contributed by atoms with van der Waals surface area (Å²) >= 11 is 7.15. The number of halogens is 1. The Morgan fingerprint density at radius 3 is 2.77 bits per heavy atom. The van der Waals surface area contributed by atoms with Gasteiger partial charge in [0, 0.05) is 26.4 Å². The van der Waals surface area contributed by atoms with Gasteiger partial charge in [0.2, 0.25) is 0 Å². The van der Waals surface area contributed by atoms with Crippen molar-refractivity contribution in [3.63, 3.8) is 0 Å². The largest absolute Gasteiger partial charge is 0.383 e. The molecule has 13 heavy (non-hydrogen) atoms. The first-order valence-electron chi connectivity index (χ1n) is 3.73. The van der Waals surface area contributed by atoms with Gasteiger partial charge in [-0.2, -0.15) is 0 Å². The summed E-state index contributed by atoms with van der Waals surface area (Å²) in [5, 5.41) is 2.33. The van der Waals surface area contributed by atoms with Gasteiger partial charge in [-0.25, -0.2) is 0 Å². The molecule has 1 heterocycles. The van der Waals surface area contributed by atoms with Crippen LogP contribution in [0.4, 0.5) is 0 Å². The Hall–Kier alpha value is -0.800. The van der Waals surface area contributed by atoms with Gasteiger partial charge in [-0.05, 0) is 11.4 Å². The average Bonchev–Trinajstić information content (AvgIpc) is 2.47. The Morgan fingerprint density at radius 2 is 2.31 bits per heavy atom. The smallest absolute Gasteiger partial charge is 0.198 e. The lowest BCUT2D eigenvalue weighted by Gasteiger charge is -2.01.